The van der Waals surface area contributed by atoms with Gasteiger partial charge in [-0.25, -0.2) is 0 Å². The highest BCUT2D eigenvalue weighted by molar-refractivity contribution is 8.01. The predicted octanol–water partition coefficient (Wildman–Crippen LogP) is 1.89. The Labute approximate surface area is 89.3 Å². The van der Waals surface area contributed by atoms with Crippen molar-refractivity contribution in [2.45, 2.75) is 49.1 Å². The van der Waals surface area contributed by atoms with Crippen LogP contribution >= 0.6 is 11.8 Å². The molecule has 1 saturated heterocycles. The van der Waals surface area contributed by atoms with Gasteiger partial charge in [0.05, 0.1) is 11.3 Å². The second-order valence-corrected chi connectivity index (χ2v) is 5.79. The van der Waals surface area contributed by atoms with E-state index in [-0.39, 0.29) is 17.1 Å². The fourth-order valence-corrected chi connectivity index (χ4v) is 3.65. The molecular weight excluding hydrogens is 194 g/mol. The highest BCUT2D eigenvalue weighted by atomic mass is 32.2. The lowest BCUT2D eigenvalue weighted by Crippen LogP contribution is -2.36. The Morgan fingerprint density at radius 2 is 2.43 bits per heavy atom. The molecule has 3 heteroatoms. The molecule has 0 bridgehead atoms. The van der Waals surface area contributed by atoms with Crippen LogP contribution in [0.1, 0.15) is 32.6 Å². The zero-order chi connectivity index (χ0) is 10.1. The van der Waals surface area contributed by atoms with Crippen molar-refractivity contribution in [1.29, 1.82) is 0 Å². The second-order valence-electron chi connectivity index (χ2n) is 4.20. The molecule has 0 amide bonds. The van der Waals surface area contributed by atoms with Crippen LogP contribution in [0.25, 0.3) is 0 Å². The van der Waals surface area contributed by atoms with Crippen LogP contribution in [0.4, 0.5) is 0 Å². The van der Waals surface area contributed by atoms with Gasteiger partial charge in [0.25, 0.3) is 0 Å². The molecule has 1 aliphatic carbocycles. The molecule has 1 heterocycles. The fraction of sp³-hybridized carbons (Fsp3) is 0.727. The van der Waals surface area contributed by atoms with Gasteiger partial charge in [-0.15, -0.1) is 11.8 Å². The summed E-state index contributed by atoms with van der Waals surface area (Å²) < 4.78 is 0. The van der Waals surface area contributed by atoms with E-state index in [2.05, 4.69) is 6.08 Å². The van der Waals surface area contributed by atoms with Gasteiger partial charge in [0.15, 0.2) is 5.78 Å². The number of allylic oxidation sites excluding steroid dienone is 2. The van der Waals surface area contributed by atoms with E-state index in [4.69, 9.17) is 5.73 Å². The number of carbonyl (C=O) groups is 1. The number of thioether (sulfide) groups is 1. The monoisotopic (exact) mass is 211 g/mol. The molecule has 2 nitrogen and oxygen atoms in total. The van der Waals surface area contributed by atoms with Gasteiger partial charge < -0.3 is 5.73 Å². The van der Waals surface area contributed by atoms with E-state index in [1.807, 2.05) is 6.92 Å². The van der Waals surface area contributed by atoms with Crippen LogP contribution in [0, 0.1) is 0 Å². The lowest BCUT2D eigenvalue weighted by atomic mass is 10.0. The molecule has 78 valence electrons. The largest absolute Gasteiger partial charge is 0.321 e. The van der Waals surface area contributed by atoms with Gasteiger partial charge in [0.1, 0.15) is 0 Å². The van der Waals surface area contributed by atoms with Crippen molar-refractivity contribution in [3.63, 3.8) is 0 Å². The number of ketones is 1. The summed E-state index contributed by atoms with van der Waals surface area (Å²) in [6.45, 7) is 1.97. The third kappa shape index (κ3) is 1.89. The van der Waals surface area contributed by atoms with Crippen molar-refractivity contribution in [2.24, 2.45) is 5.73 Å². The van der Waals surface area contributed by atoms with Crippen molar-refractivity contribution in [2.75, 3.05) is 0 Å². The minimum Gasteiger partial charge on any atom is -0.321 e. The predicted molar refractivity (Wildman–Crippen MR) is 60.4 cm³/mol. The first-order valence-corrected chi connectivity index (χ1v) is 6.25. The average Bonchev–Trinajstić information content (AvgIpc) is 2.73. The molecule has 2 N–H and O–H groups in total. The first kappa shape index (κ1) is 10.2. The average molecular weight is 211 g/mol. The molecule has 3 atom stereocenters. The van der Waals surface area contributed by atoms with Gasteiger partial charge in [-0.3, -0.25) is 4.79 Å². The first-order chi connectivity index (χ1) is 6.68. The molecule has 2 rings (SSSR count). The topological polar surface area (TPSA) is 43.1 Å². The van der Waals surface area contributed by atoms with Crippen LogP contribution < -0.4 is 5.73 Å². The number of nitrogens with two attached hydrogens (primary N) is 1. The van der Waals surface area contributed by atoms with E-state index < -0.39 is 0 Å². The summed E-state index contributed by atoms with van der Waals surface area (Å²) in [5, 5.41) is 0.443. The molecule has 1 fully saturated rings. The number of carbonyl (C=O) groups excluding carboxylic acids is 1. The maximum absolute atomic E-state index is 11.5. The lowest BCUT2D eigenvalue weighted by Gasteiger charge is -2.13. The Morgan fingerprint density at radius 3 is 2.93 bits per heavy atom. The fourth-order valence-electron chi connectivity index (χ4n) is 2.22. The third-order valence-electron chi connectivity index (χ3n) is 3.11. The van der Waals surface area contributed by atoms with Crippen LogP contribution in [0.15, 0.2) is 11.6 Å². The lowest BCUT2D eigenvalue weighted by molar-refractivity contribution is -0.118. The molecule has 0 radical (unpaired) electrons. The molecule has 0 aromatic rings. The second kappa shape index (κ2) is 4.07. The molecule has 0 aromatic carbocycles. The molecule has 3 unspecified atom stereocenters. The standard InChI is InChI=1S/C11H17NOS/c1-7-11(13)10(12)9(14-7)6-8-4-2-3-5-8/h4,7,9-10H,2-3,5-6,12H2,1H3. The van der Waals surface area contributed by atoms with Crippen LogP contribution in [0.3, 0.4) is 0 Å². The number of rotatable bonds is 2. The Kier molecular flexibility index (Phi) is 2.98. The van der Waals surface area contributed by atoms with E-state index in [1.54, 1.807) is 11.8 Å². The summed E-state index contributed by atoms with van der Waals surface area (Å²) in [5.74, 6) is 0.235. The highest BCUT2D eigenvalue weighted by Gasteiger charge is 2.38. The molecule has 2 aliphatic rings. The first-order valence-electron chi connectivity index (χ1n) is 5.31. The smallest absolute Gasteiger partial charge is 0.163 e. The molecule has 14 heavy (non-hydrogen) atoms. The Morgan fingerprint density at radius 1 is 1.64 bits per heavy atom. The molecular formula is C11H17NOS. The Balaban J connectivity index is 1.96. The van der Waals surface area contributed by atoms with E-state index in [1.165, 1.54) is 24.8 Å². The molecule has 0 aromatic heterocycles. The SMILES string of the molecule is CC1SC(CC2=CCCC2)C(N)C1=O. The molecule has 0 saturated carbocycles. The number of Topliss-reactive ketones (excluding diaryl/α,β-unsaturated/α-hetero) is 1. The Hall–Kier alpha value is -0.280. The van der Waals surface area contributed by atoms with Crippen molar-refractivity contribution in [1.82, 2.24) is 0 Å². The van der Waals surface area contributed by atoms with E-state index in [9.17, 15) is 4.79 Å². The van der Waals surface area contributed by atoms with Crippen molar-refractivity contribution in [3.05, 3.63) is 11.6 Å². The van der Waals surface area contributed by atoms with E-state index in [0.717, 1.165) is 6.42 Å². The number of hydrogen-bond acceptors (Lipinski definition) is 3. The molecule has 1 aliphatic heterocycles. The van der Waals surface area contributed by atoms with Crippen molar-refractivity contribution >= 4 is 17.5 Å². The van der Waals surface area contributed by atoms with Gasteiger partial charge >= 0.3 is 0 Å². The highest BCUT2D eigenvalue weighted by Crippen LogP contribution is 2.36. The van der Waals surface area contributed by atoms with Gasteiger partial charge in [-0.1, -0.05) is 11.6 Å². The van der Waals surface area contributed by atoms with Crippen molar-refractivity contribution in [3.8, 4) is 0 Å². The zero-order valence-corrected chi connectivity index (χ0v) is 9.35. The summed E-state index contributed by atoms with van der Waals surface area (Å²) in [6.07, 6.45) is 7.06. The van der Waals surface area contributed by atoms with E-state index in [0.29, 0.717) is 5.25 Å². The summed E-state index contributed by atoms with van der Waals surface area (Å²) in [4.78, 5) is 11.5. The third-order valence-corrected chi connectivity index (χ3v) is 4.56. The van der Waals surface area contributed by atoms with E-state index >= 15 is 0 Å². The minimum absolute atomic E-state index is 0.108. The van der Waals surface area contributed by atoms with Gasteiger partial charge in [-0.2, -0.15) is 0 Å². The van der Waals surface area contributed by atoms with Gasteiger partial charge in [0.2, 0.25) is 0 Å². The maximum Gasteiger partial charge on any atom is 0.163 e. The molecule has 0 spiro atoms. The number of hydrogen-bond donors (Lipinski definition) is 1. The van der Waals surface area contributed by atoms with Crippen LogP contribution in [0.5, 0.6) is 0 Å². The summed E-state index contributed by atoms with van der Waals surface area (Å²) in [6, 6.07) is -0.225. The summed E-state index contributed by atoms with van der Waals surface area (Å²) in [7, 11) is 0. The quantitative estimate of drug-likeness (QED) is 0.709. The Bertz CT molecular complexity index is 274. The summed E-state index contributed by atoms with van der Waals surface area (Å²) >= 11 is 1.75. The normalized spacial score (nSPS) is 37.7. The van der Waals surface area contributed by atoms with Gasteiger partial charge in [-0.05, 0) is 32.6 Å². The maximum atomic E-state index is 11.5. The van der Waals surface area contributed by atoms with Crippen LogP contribution in [-0.2, 0) is 4.79 Å². The minimum atomic E-state index is -0.225. The zero-order valence-electron chi connectivity index (χ0n) is 8.53. The van der Waals surface area contributed by atoms with Crippen LogP contribution in [0.2, 0.25) is 0 Å². The van der Waals surface area contributed by atoms with Gasteiger partial charge in [0, 0.05) is 5.25 Å². The summed E-state index contributed by atoms with van der Waals surface area (Å²) in [5.41, 5.74) is 7.41. The van der Waals surface area contributed by atoms with Crippen molar-refractivity contribution < 1.29 is 4.79 Å². The van der Waals surface area contributed by atoms with Crippen LogP contribution in [-0.4, -0.2) is 22.3 Å².